The fourth-order valence-electron chi connectivity index (χ4n) is 3.14. The molecule has 0 radical (unpaired) electrons. The predicted octanol–water partition coefficient (Wildman–Crippen LogP) is 2.68. The summed E-state index contributed by atoms with van der Waals surface area (Å²) in [6, 6.07) is 11.0. The van der Waals surface area contributed by atoms with E-state index >= 15 is 0 Å². The van der Waals surface area contributed by atoms with Crippen molar-refractivity contribution in [2.45, 2.75) is 13.3 Å². The normalized spacial score (nSPS) is 10.4. The van der Waals surface area contributed by atoms with E-state index in [1.807, 2.05) is 6.92 Å². The molecule has 0 bridgehead atoms. The number of amides is 2. The summed E-state index contributed by atoms with van der Waals surface area (Å²) in [5.74, 6) is -0.408. The lowest BCUT2D eigenvalue weighted by Gasteiger charge is -2.22. The SMILES string of the molecule is CCCN(CC(=O)Nc1ccccc1OC)C(=O)c1ccc(-n2cncn2)c([N+](=O)[O-])c1. The Labute approximate surface area is 183 Å². The van der Waals surface area contributed by atoms with Crippen LogP contribution in [0, 0.1) is 10.1 Å². The summed E-state index contributed by atoms with van der Waals surface area (Å²) < 4.78 is 6.47. The molecule has 11 heteroatoms. The van der Waals surface area contributed by atoms with Gasteiger partial charge in [-0.15, -0.1) is 0 Å². The number of nitrogens with one attached hydrogen (secondary N) is 1. The van der Waals surface area contributed by atoms with Gasteiger partial charge in [-0.1, -0.05) is 19.1 Å². The van der Waals surface area contributed by atoms with E-state index in [4.69, 9.17) is 4.74 Å². The van der Waals surface area contributed by atoms with Crippen molar-refractivity contribution >= 4 is 23.2 Å². The van der Waals surface area contributed by atoms with Gasteiger partial charge in [0, 0.05) is 18.2 Å². The van der Waals surface area contributed by atoms with E-state index in [2.05, 4.69) is 15.4 Å². The first-order valence-electron chi connectivity index (χ1n) is 9.80. The number of benzene rings is 2. The highest BCUT2D eigenvalue weighted by Crippen LogP contribution is 2.25. The number of ether oxygens (including phenoxy) is 1. The maximum Gasteiger partial charge on any atom is 0.295 e. The van der Waals surface area contributed by atoms with E-state index in [-0.39, 0.29) is 23.5 Å². The first-order chi connectivity index (χ1) is 15.4. The zero-order valence-electron chi connectivity index (χ0n) is 17.6. The van der Waals surface area contributed by atoms with Crippen molar-refractivity contribution < 1.29 is 19.2 Å². The van der Waals surface area contributed by atoms with Gasteiger partial charge in [-0.3, -0.25) is 19.7 Å². The summed E-state index contributed by atoms with van der Waals surface area (Å²) in [7, 11) is 1.49. The number of methoxy groups -OCH3 is 1. The molecule has 32 heavy (non-hydrogen) atoms. The summed E-state index contributed by atoms with van der Waals surface area (Å²) in [6.07, 6.45) is 3.19. The molecule has 0 aliphatic carbocycles. The van der Waals surface area contributed by atoms with Gasteiger partial charge in [0.15, 0.2) is 0 Å². The van der Waals surface area contributed by atoms with Crippen LogP contribution in [0.15, 0.2) is 55.1 Å². The highest BCUT2D eigenvalue weighted by atomic mass is 16.6. The van der Waals surface area contributed by atoms with Gasteiger partial charge < -0.3 is 15.0 Å². The van der Waals surface area contributed by atoms with Gasteiger partial charge in [-0.25, -0.2) is 9.67 Å². The zero-order valence-corrected chi connectivity index (χ0v) is 17.6. The van der Waals surface area contributed by atoms with Crippen molar-refractivity contribution in [3.05, 3.63) is 70.8 Å². The standard InChI is InChI=1S/C21H22N6O5/c1-3-10-25(12-20(28)24-16-6-4-5-7-19(16)32-2)21(29)15-8-9-17(18(11-15)27(30)31)26-14-22-13-23-26/h4-9,11,13-14H,3,10,12H2,1-2H3,(H,24,28). The van der Waals surface area contributed by atoms with Crippen LogP contribution in [0.3, 0.4) is 0 Å². The van der Waals surface area contributed by atoms with Crippen molar-refractivity contribution in [3.8, 4) is 11.4 Å². The number of nitro groups is 1. The van der Waals surface area contributed by atoms with Gasteiger partial charge in [0.05, 0.1) is 17.7 Å². The van der Waals surface area contributed by atoms with E-state index in [0.717, 1.165) is 0 Å². The Morgan fingerprint density at radius 1 is 1.25 bits per heavy atom. The molecule has 2 aromatic carbocycles. The summed E-state index contributed by atoms with van der Waals surface area (Å²) in [5.41, 5.74) is 0.465. The second kappa shape index (κ2) is 10.2. The van der Waals surface area contributed by atoms with Crippen molar-refractivity contribution in [2.75, 3.05) is 25.5 Å². The number of nitrogens with zero attached hydrogens (tertiary/aromatic N) is 5. The number of aromatic nitrogens is 3. The zero-order chi connectivity index (χ0) is 23.1. The van der Waals surface area contributed by atoms with Crippen LogP contribution < -0.4 is 10.1 Å². The van der Waals surface area contributed by atoms with E-state index in [1.54, 1.807) is 24.3 Å². The van der Waals surface area contributed by atoms with Crippen LogP contribution >= 0.6 is 0 Å². The largest absolute Gasteiger partial charge is 0.495 e. The molecule has 0 unspecified atom stereocenters. The summed E-state index contributed by atoms with van der Waals surface area (Å²) in [6.45, 7) is 1.95. The topological polar surface area (TPSA) is 132 Å². The van der Waals surface area contributed by atoms with Crippen LogP contribution in [0.5, 0.6) is 5.75 Å². The average Bonchev–Trinajstić information content (AvgIpc) is 3.33. The molecular weight excluding hydrogens is 416 g/mol. The third-order valence-corrected chi connectivity index (χ3v) is 4.58. The number of carbonyl (C=O) groups is 2. The Bertz CT molecular complexity index is 1120. The Balaban J connectivity index is 1.82. The number of anilines is 1. The first kappa shape index (κ1) is 22.4. The molecule has 3 rings (SSSR count). The summed E-state index contributed by atoms with van der Waals surface area (Å²) >= 11 is 0. The molecule has 1 N–H and O–H groups in total. The second-order valence-electron chi connectivity index (χ2n) is 6.78. The first-order valence-corrected chi connectivity index (χ1v) is 9.80. The fraction of sp³-hybridized carbons (Fsp3) is 0.238. The van der Waals surface area contributed by atoms with Crippen molar-refractivity contribution in [2.24, 2.45) is 0 Å². The molecule has 0 aliphatic heterocycles. The van der Waals surface area contributed by atoms with Crippen molar-refractivity contribution in [3.63, 3.8) is 0 Å². The molecule has 0 saturated carbocycles. The van der Waals surface area contributed by atoms with Crippen LogP contribution in [0.1, 0.15) is 23.7 Å². The van der Waals surface area contributed by atoms with Crippen LogP contribution in [0.2, 0.25) is 0 Å². The third kappa shape index (κ3) is 5.06. The van der Waals surface area contributed by atoms with Crippen LogP contribution in [-0.4, -0.2) is 56.6 Å². The Morgan fingerprint density at radius 2 is 2.03 bits per heavy atom. The molecule has 166 valence electrons. The molecule has 0 atom stereocenters. The monoisotopic (exact) mass is 438 g/mol. The minimum atomic E-state index is -0.591. The van der Waals surface area contributed by atoms with Gasteiger partial charge in [-0.05, 0) is 30.7 Å². The molecule has 0 fully saturated rings. The van der Waals surface area contributed by atoms with Gasteiger partial charge in [0.2, 0.25) is 5.91 Å². The highest BCUT2D eigenvalue weighted by Gasteiger charge is 2.23. The Morgan fingerprint density at radius 3 is 2.69 bits per heavy atom. The number of hydrogen-bond donors (Lipinski definition) is 1. The fourth-order valence-corrected chi connectivity index (χ4v) is 3.14. The molecule has 0 spiro atoms. The van der Waals surface area contributed by atoms with E-state index in [0.29, 0.717) is 24.4 Å². The lowest BCUT2D eigenvalue weighted by Crippen LogP contribution is -2.38. The second-order valence-corrected chi connectivity index (χ2v) is 6.78. The van der Waals surface area contributed by atoms with Gasteiger partial charge >= 0.3 is 0 Å². The highest BCUT2D eigenvalue weighted by molar-refractivity contribution is 6.00. The predicted molar refractivity (Wildman–Crippen MR) is 116 cm³/mol. The van der Waals surface area contributed by atoms with E-state index in [9.17, 15) is 19.7 Å². The minimum Gasteiger partial charge on any atom is -0.495 e. The van der Waals surface area contributed by atoms with Gasteiger partial charge in [-0.2, -0.15) is 5.10 Å². The van der Waals surface area contributed by atoms with Gasteiger partial charge in [0.25, 0.3) is 11.6 Å². The summed E-state index contributed by atoms with van der Waals surface area (Å²) in [4.78, 5) is 41.8. The van der Waals surface area contributed by atoms with Crippen LogP contribution in [0.4, 0.5) is 11.4 Å². The molecule has 2 amide bonds. The Kier molecular flexibility index (Phi) is 7.11. The van der Waals surface area contributed by atoms with Crippen LogP contribution in [0.25, 0.3) is 5.69 Å². The molecular formula is C21H22N6O5. The number of rotatable bonds is 9. The number of para-hydroxylation sites is 2. The maximum atomic E-state index is 13.1. The molecule has 3 aromatic rings. The molecule has 11 nitrogen and oxygen atoms in total. The van der Waals surface area contributed by atoms with E-state index in [1.165, 1.54) is 47.5 Å². The third-order valence-electron chi connectivity index (χ3n) is 4.58. The lowest BCUT2D eigenvalue weighted by molar-refractivity contribution is -0.384. The summed E-state index contributed by atoms with van der Waals surface area (Å²) in [5, 5.41) is 18.2. The number of carbonyl (C=O) groups excluding carboxylic acids is 2. The van der Waals surface area contributed by atoms with Crippen LogP contribution in [-0.2, 0) is 4.79 Å². The molecule has 0 saturated heterocycles. The smallest absolute Gasteiger partial charge is 0.295 e. The van der Waals surface area contributed by atoms with Crippen molar-refractivity contribution in [1.82, 2.24) is 19.7 Å². The Hall–Kier alpha value is -4.28. The number of nitro benzene ring substituents is 1. The number of hydrogen-bond acceptors (Lipinski definition) is 7. The molecule has 1 aromatic heterocycles. The molecule has 0 aliphatic rings. The maximum absolute atomic E-state index is 13.1. The van der Waals surface area contributed by atoms with Crippen molar-refractivity contribution in [1.29, 1.82) is 0 Å². The quantitative estimate of drug-likeness (QED) is 0.401. The lowest BCUT2D eigenvalue weighted by atomic mass is 10.1. The van der Waals surface area contributed by atoms with E-state index < -0.39 is 16.7 Å². The van der Waals surface area contributed by atoms with Gasteiger partial charge in [0.1, 0.15) is 30.6 Å². The average molecular weight is 438 g/mol. The minimum absolute atomic E-state index is 0.0964. The molecule has 1 heterocycles.